The monoisotopic (exact) mass is 383 g/mol. The average Bonchev–Trinajstić information content (AvgIpc) is 3.44. The highest BCUT2D eigenvalue weighted by Gasteiger charge is 2.35. The number of carbonyl (C=O) groups excluding carboxylic acids is 1. The van der Waals surface area contributed by atoms with Crippen LogP contribution < -0.4 is 9.47 Å². The molecule has 7 nitrogen and oxygen atoms in total. The summed E-state index contributed by atoms with van der Waals surface area (Å²) in [6, 6.07) is 6.27. The highest BCUT2D eigenvalue weighted by molar-refractivity contribution is 5.80. The van der Waals surface area contributed by atoms with Crippen molar-refractivity contribution in [1.29, 1.82) is 0 Å². The molecular formula is C21H25N3O4. The average molecular weight is 383 g/mol. The molecule has 1 atom stereocenters. The summed E-state index contributed by atoms with van der Waals surface area (Å²) in [6.07, 6.45) is 1.65. The van der Waals surface area contributed by atoms with Gasteiger partial charge in [-0.05, 0) is 45.0 Å². The molecule has 2 aromatic rings. The zero-order valence-corrected chi connectivity index (χ0v) is 16.3. The van der Waals surface area contributed by atoms with Crippen molar-refractivity contribution in [3.05, 3.63) is 29.5 Å². The number of benzene rings is 1. The minimum atomic E-state index is 0.0952. The summed E-state index contributed by atoms with van der Waals surface area (Å²) in [5.74, 6) is 2.70. The van der Waals surface area contributed by atoms with Crippen LogP contribution in [0.5, 0.6) is 11.5 Å². The molecule has 0 unspecified atom stereocenters. The van der Waals surface area contributed by atoms with Gasteiger partial charge in [-0.25, -0.2) is 0 Å². The summed E-state index contributed by atoms with van der Waals surface area (Å²) in [4.78, 5) is 17.5. The van der Waals surface area contributed by atoms with Gasteiger partial charge in [-0.2, -0.15) is 0 Å². The van der Waals surface area contributed by atoms with Gasteiger partial charge in [-0.1, -0.05) is 5.16 Å². The molecule has 0 radical (unpaired) electrons. The van der Waals surface area contributed by atoms with Crippen LogP contribution in [0.15, 0.2) is 22.7 Å². The maximum absolute atomic E-state index is 13.1. The van der Waals surface area contributed by atoms with Crippen molar-refractivity contribution in [2.75, 3.05) is 26.4 Å². The first-order valence-corrected chi connectivity index (χ1v) is 10.0. The van der Waals surface area contributed by atoms with Crippen molar-refractivity contribution in [3.8, 4) is 22.8 Å². The lowest BCUT2D eigenvalue weighted by molar-refractivity contribution is -0.136. The van der Waals surface area contributed by atoms with Crippen molar-refractivity contribution in [3.63, 3.8) is 0 Å². The van der Waals surface area contributed by atoms with E-state index in [2.05, 4.69) is 23.9 Å². The number of amides is 1. The number of aromatic nitrogens is 1. The molecule has 148 valence electrons. The van der Waals surface area contributed by atoms with Gasteiger partial charge in [0.2, 0.25) is 12.7 Å². The number of rotatable bonds is 3. The Morgan fingerprint density at radius 3 is 2.89 bits per heavy atom. The molecule has 0 bridgehead atoms. The van der Waals surface area contributed by atoms with Crippen LogP contribution in [-0.4, -0.2) is 53.3 Å². The molecule has 1 fully saturated rings. The Morgan fingerprint density at radius 2 is 2.07 bits per heavy atom. The Bertz CT molecular complexity index is 907. The second-order valence-electron chi connectivity index (χ2n) is 8.09. The van der Waals surface area contributed by atoms with E-state index in [-0.39, 0.29) is 18.6 Å². The standard InChI is InChI=1S/C21H25N3O4/c1-13(2)23-7-5-15(10-23)21(25)24-8-6-17-16(11-24)20(22-28-17)14-3-4-18-19(9-14)27-12-26-18/h3-4,9,13,15H,5-8,10-12H2,1-2H3/t15-/m1/s1. The molecule has 5 rings (SSSR count). The Kier molecular flexibility index (Phi) is 4.27. The summed E-state index contributed by atoms with van der Waals surface area (Å²) >= 11 is 0. The highest BCUT2D eigenvalue weighted by atomic mass is 16.7. The second-order valence-corrected chi connectivity index (χ2v) is 8.09. The number of likely N-dealkylation sites (tertiary alicyclic amines) is 1. The summed E-state index contributed by atoms with van der Waals surface area (Å²) in [7, 11) is 0. The Morgan fingerprint density at radius 1 is 1.21 bits per heavy atom. The molecule has 4 heterocycles. The van der Waals surface area contributed by atoms with Gasteiger partial charge in [-0.15, -0.1) is 0 Å². The topological polar surface area (TPSA) is 68.0 Å². The lowest BCUT2D eigenvalue weighted by Crippen LogP contribution is -2.41. The number of carbonyl (C=O) groups is 1. The van der Waals surface area contributed by atoms with Gasteiger partial charge in [0.1, 0.15) is 11.5 Å². The molecule has 1 amide bonds. The van der Waals surface area contributed by atoms with Crippen LogP contribution in [0.3, 0.4) is 0 Å². The number of hydrogen-bond donors (Lipinski definition) is 0. The SMILES string of the molecule is CC(C)N1CC[C@@H](C(=O)N2CCc3onc(-c4ccc5c(c4)OCO5)c3C2)C1. The van der Waals surface area contributed by atoms with Crippen molar-refractivity contribution in [1.82, 2.24) is 15.0 Å². The summed E-state index contributed by atoms with van der Waals surface area (Å²) in [5, 5.41) is 4.30. The summed E-state index contributed by atoms with van der Waals surface area (Å²) in [6.45, 7) is 7.73. The van der Waals surface area contributed by atoms with Crippen LogP contribution in [0.2, 0.25) is 0 Å². The summed E-state index contributed by atoms with van der Waals surface area (Å²) in [5.41, 5.74) is 2.73. The number of nitrogens with zero attached hydrogens (tertiary/aromatic N) is 3. The second kappa shape index (κ2) is 6.81. The van der Waals surface area contributed by atoms with Gasteiger partial charge in [0.25, 0.3) is 0 Å². The number of hydrogen-bond acceptors (Lipinski definition) is 6. The van der Waals surface area contributed by atoms with Gasteiger partial charge in [0.15, 0.2) is 11.5 Å². The third-order valence-electron chi connectivity index (χ3n) is 6.08. The van der Waals surface area contributed by atoms with Gasteiger partial charge < -0.3 is 23.8 Å². The maximum Gasteiger partial charge on any atom is 0.231 e. The third kappa shape index (κ3) is 2.94. The predicted octanol–water partition coefficient (Wildman–Crippen LogP) is 2.69. The Hall–Kier alpha value is -2.54. The van der Waals surface area contributed by atoms with Crippen LogP contribution in [0.1, 0.15) is 31.6 Å². The van der Waals surface area contributed by atoms with E-state index in [9.17, 15) is 4.79 Å². The highest BCUT2D eigenvalue weighted by Crippen LogP contribution is 2.38. The molecule has 0 saturated carbocycles. The van der Waals surface area contributed by atoms with Crippen LogP contribution in [0, 0.1) is 5.92 Å². The van der Waals surface area contributed by atoms with E-state index >= 15 is 0 Å². The molecule has 0 spiro atoms. The molecule has 3 aliphatic heterocycles. The number of ether oxygens (including phenoxy) is 2. The lowest BCUT2D eigenvalue weighted by Gasteiger charge is -2.29. The number of fused-ring (bicyclic) bond motifs is 2. The Balaban J connectivity index is 1.36. The van der Waals surface area contributed by atoms with Crippen LogP contribution in [-0.2, 0) is 17.8 Å². The minimum Gasteiger partial charge on any atom is -0.454 e. The quantitative estimate of drug-likeness (QED) is 0.812. The van der Waals surface area contributed by atoms with Gasteiger partial charge >= 0.3 is 0 Å². The molecule has 0 N–H and O–H groups in total. The molecule has 28 heavy (non-hydrogen) atoms. The first-order valence-electron chi connectivity index (χ1n) is 10.0. The fourth-order valence-corrected chi connectivity index (χ4v) is 4.38. The van der Waals surface area contributed by atoms with E-state index in [0.717, 1.165) is 53.6 Å². The maximum atomic E-state index is 13.1. The van der Waals surface area contributed by atoms with Crippen molar-refractivity contribution < 1.29 is 18.8 Å². The first-order chi connectivity index (χ1) is 13.6. The van der Waals surface area contributed by atoms with Gasteiger partial charge in [-0.3, -0.25) is 4.79 Å². The molecular weight excluding hydrogens is 358 g/mol. The lowest BCUT2D eigenvalue weighted by atomic mass is 9.99. The van der Waals surface area contributed by atoms with Gasteiger partial charge in [0.05, 0.1) is 12.5 Å². The first kappa shape index (κ1) is 17.6. The fraction of sp³-hybridized carbons (Fsp3) is 0.524. The van der Waals surface area contributed by atoms with Gasteiger partial charge in [0, 0.05) is 36.7 Å². The zero-order chi connectivity index (χ0) is 19.3. The van der Waals surface area contributed by atoms with E-state index < -0.39 is 0 Å². The normalized spacial score (nSPS) is 21.4. The zero-order valence-electron chi connectivity index (χ0n) is 16.3. The van der Waals surface area contributed by atoms with E-state index in [0.29, 0.717) is 25.6 Å². The summed E-state index contributed by atoms with van der Waals surface area (Å²) < 4.78 is 16.5. The van der Waals surface area contributed by atoms with Crippen molar-refractivity contribution in [2.45, 2.75) is 39.3 Å². The fourth-order valence-electron chi connectivity index (χ4n) is 4.38. The predicted molar refractivity (Wildman–Crippen MR) is 102 cm³/mol. The van der Waals surface area contributed by atoms with Crippen LogP contribution in [0.4, 0.5) is 0 Å². The molecule has 0 aliphatic carbocycles. The third-order valence-corrected chi connectivity index (χ3v) is 6.08. The molecule has 1 saturated heterocycles. The van der Waals surface area contributed by atoms with Crippen molar-refractivity contribution >= 4 is 5.91 Å². The van der Waals surface area contributed by atoms with E-state index in [4.69, 9.17) is 14.0 Å². The van der Waals surface area contributed by atoms with E-state index in [1.165, 1.54) is 0 Å². The Labute approximate surface area is 164 Å². The molecule has 3 aliphatic rings. The van der Waals surface area contributed by atoms with Crippen LogP contribution in [0.25, 0.3) is 11.3 Å². The van der Waals surface area contributed by atoms with E-state index in [1.54, 1.807) is 0 Å². The van der Waals surface area contributed by atoms with E-state index in [1.807, 2.05) is 23.1 Å². The molecule has 7 heteroatoms. The smallest absolute Gasteiger partial charge is 0.231 e. The molecule has 1 aromatic heterocycles. The minimum absolute atomic E-state index is 0.0952. The van der Waals surface area contributed by atoms with Crippen LogP contribution >= 0.6 is 0 Å². The molecule has 1 aromatic carbocycles. The van der Waals surface area contributed by atoms with Crippen molar-refractivity contribution in [2.24, 2.45) is 5.92 Å². The largest absolute Gasteiger partial charge is 0.454 e.